The topological polar surface area (TPSA) is 87.6 Å². The molecule has 5 nitrogen and oxygen atoms in total. The number of hydrogen-bond acceptors (Lipinski definition) is 3. The summed E-state index contributed by atoms with van der Waals surface area (Å²) in [7, 11) is -4.14. The number of carbonyl (C=O) groups is 1. The lowest BCUT2D eigenvalue weighted by atomic mass is 10.1. The second-order valence-electron chi connectivity index (χ2n) is 5.24. The van der Waals surface area contributed by atoms with Crippen molar-refractivity contribution >= 4 is 20.7 Å². The number of nitrogens with zero attached hydrogens (tertiary/aromatic N) is 2. The number of sulfone groups is 1. The Hall–Kier alpha value is -2.04. The Morgan fingerprint density at radius 2 is 1.82 bits per heavy atom. The van der Waals surface area contributed by atoms with Crippen molar-refractivity contribution in [2.24, 2.45) is 0 Å². The van der Waals surface area contributed by atoms with E-state index in [-0.39, 0.29) is 11.3 Å². The molecule has 0 fully saturated rings. The molecule has 0 aliphatic carbocycles. The van der Waals surface area contributed by atoms with Gasteiger partial charge in [0.15, 0.2) is 0 Å². The fourth-order valence-electron chi connectivity index (χ4n) is 2.46. The molecule has 1 rings (SSSR count). The summed E-state index contributed by atoms with van der Waals surface area (Å²) >= 11 is 0. The Bertz CT molecular complexity index is 735. The van der Waals surface area contributed by atoms with Crippen molar-refractivity contribution in [1.82, 2.24) is 0 Å². The van der Waals surface area contributed by atoms with Gasteiger partial charge < -0.3 is 5.53 Å². The molecular weight excluding hydrogens is 300 g/mol. The minimum atomic E-state index is -4.14. The van der Waals surface area contributed by atoms with Crippen molar-refractivity contribution in [2.45, 2.75) is 44.9 Å². The first-order chi connectivity index (χ1) is 10.3. The normalized spacial score (nSPS) is 10.9. The second-order valence-corrected chi connectivity index (χ2v) is 7.04. The van der Waals surface area contributed by atoms with Crippen LogP contribution in [0.5, 0.6) is 0 Å². The average Bonchev–Trinajstić information content (AvgIpc) is 2.37. The van der Waals surface area contributed by atoms with Gasteiger partial charge in [0.1, 0.15) is 0 Å². The number of aryl methyl sites for hydroxylation is 3. The molecule has 0 unspecified atom stereocenters. The van der Waals surface area contributed by atoms with Crippen LogP contribution in [0.2, 0.25) is 0 Å². The molecule has 0 heterocycles. The van der Waals surface area contributed by atoms with Crippen molar-refractivity contribution < 1.29 is 18.0 Å². The maximum Gasteiger partial charge on any atom is 0.451 e. The van der Waals surface area contributed by atoms with E-state index in [0.29, 0.717) is 24.0 Å². The Balaban J connectivity index is 3.31. The van der Waals surface area contributed by atoms with Gasteiger partial charge in [0.25, 0.3) is 15.6 Å². The van der Waals surface area contributed by atoms with E-state index in [1.165, 1.54) is 0 Å². The quantitative estimate of drug-likeness (QED) is 0.202. The zero-order valence-corrected chi connectivity index (χ0v) is 13.9. The first kappa shape index (κ1) is 18.0. The van der Waals surface area contributed by atoms with E-state index in [1.54, 1.807) is 32.1 Å². The van der Waals surface area contributed by atoms with Gasteiger partial charge in [-0.1, -0.05) is 23.8 Å². The first-order valence-corrected chi connectivity index (χ1v) is 8.43. The van der Waals surface area contributed by atoms with Crippen LogP contribution in [0.15, 0.2) is 29.7 Å². The van der Waals surface area contributed by atoms with Crippen LogP contribution in [-0.2, 0) is 14.6 Å². The number of allylic oxidation sites excluding steroid dienone is 1. The van der Waals surface area contributed by atoms with Gasteiger partial charge in [-0.05, 0) is 44.7 Å². The maximum absolute atomic E-state index is 12.7. The number of Topliss-reactive ketones (excluding diaryl/α,β-unsaturated/α-hetero) is 1. The van der Waals surface area contributed by atoms with Crippen LogP contribution in [0.3, 0.4) is 0 Å². The van der Waals surface area contributed by atoms with Crippen LogP contribution in [-0.4, -0.2) is 24.0 Å². The molecule has 0 aliphatic heterocycles. The smallest absolute Gasteiger partial charge is 0.360 e. The number of carbonyl (C=O) groups excluding carboxylic acids is 1. The molecule has 0 aliphatic rings. The number of ketones is 1. The summed E-state index contributed by atoms with van der Waals surface area (Å²) in [5.74, 6) is -0.691. The van der Waals surface area contributed by atoms with E-state index in [1.807, 2.05) is 6.92 Å². The number of hydrogen-bond donors (Lipinski definition) is 0. The summed E-state index contributed by atoms with van der Waals surface area (Å²) in [5.41, 5.74) is 11.0. The molecule has 1 aromatic rings. The highest BCUT2D eigenvalue weighted by atomic mass is 32.2. The lowest BCUT2D eigenvalue weighted by Gasteiger charge is -2.09. The lowest BCUT2D eigenvalue weighted by Crippen LogP contribution is -2.27. The zero-order chi connectivity index (χ0) is 16.9. The molecule has 0 bridgehead atoms. The minimum absolute atomic E-state index is 0.00536. The molecule has 0 saturated heterocycles. The van der Waals surface area contributed by atoms with Gasteiger partial charge in [-0.2, -0.15) is 0 Å². The molecule has 22 heavy (non-hydrogen) atoms. The third kappa shape index (κ3) is 3.78. The minimum Gasteiger partial charge on any atom is -0.360 e. The summed E-state index contributed by atoms with van der Waals surface area (Å²) in [6, 6.07) is 3.44. The van der Waals surface area contributed by atoms with Crippen LogP contribution in [0, 0.1) is 20.8 Å². The first-order valence-electron chi connectivity index (χ1n) is 6.94. The summed E-state index contributed by atoms with van der Waals surface area (Å²) in [6.07, 6.45) is 2.69. The van der Waals surface area contributed by atoms with E-state index < -0.39 is 20.7 Å². The fourth-order valence-corrected chi connectivity index (χ4v) is 4.13. The van der Waals surface area contributed by atoms with Gasteiger partial charge >= 0.3 is 5.04 Å². The van der Waals surface area contributed by atoms with Crippen LogP contribution in [0.25, 0.3) is 5.53 Å². The standard InChI is InChI=1S/C16H20N2O3S/c1-5-6-7-8-14(19)16(18-17)22(20,21)15-12(3)9-11(2)10-13(15)4/h5,9-10H,1,6-8H2,2-4H3. The lowest BCUT2D eigenvalue weighted by molar-refractivity contribution is -0.116. The highest BCUT2D eigenvalue weighted by molar-refractivity contribution is 8.08. The molecule has 118 valence electrons. The Kier molecular flexibility index (Phi) is 5.97. The third-order valence-electron chi connectivity index (χ3n) is 3.27. The van der Waals surface area contributed by atoms with Crippen LogP contribution in [0.4, 0.5) is 0 Å². The summed E-state index contributed by atoms with van der Waals surface area (Å²) in [6.45, 7) is 8.71. The van der Waals surface area contributed by atoms with E-state index in [4.69, 9.17) is 5.53 Å². The fraction of sp³-hybridized carbons (Fsp3) is 0.375. The second kappa shape index (κ2) is 7.29. The SMILES string of the molecule is C=CCCCC(=O)C(=[N+]=[N-])S(=O)(=O)c1c(C)cc(C)cc1C. The Morgan fingerprint density at radius 3 is 2.27 bits per heavy atom. The Morgan fingerprint density at radius 1 is 1.27 bits per heavy atom. The average molecular weight is 320 g/mol. The molecule has 0 saturated carbocycles. The van der Waals surface area contributed by atoms with Gasteiger partial charge in [-0.3, -0.25) is 4.79 Å². The monoisotopic (exact) mass is 320 g/mol. The molecule has 0 spiro atoms. The Labute approximate surface area is 131 Å². The maximum atomic E-state index is 12.7. The van der Waals surface area contributed by atoms with Crippen molar-refractivity contribution in [3.8, 4) is 0 Å². The van der Waals surface area contributed by atoms with E-state index in [0.717, 1.165) is 5.56 Å². The van der Waals surface area contributed by atoms with Gasteiger partial charge in [0.2, 0.25) is 0 Å². The van der Waals surface area contributed by atoms with Gasteiger partial charge in [0.05, 0.1) is 4.90 Å². The van der Waals surface area contributed by atoms with Crippen molar-refractivity contribution in [3.63, 3.8) is 0 Å². The number of benzene rings is 1. The molecule has 0 atom stereocenters. The van der Waals surface area contributed by atoms with E-state index >= 15 is 0 Å². The largest absolute Gasteiger partial charge is 0.451 e. The molecule has 0 radical (unpaired) electrons. The molecule has 6 heteroatoms. The molecule has 0 N–H and O–H groups in total. The van der Waals surface area contributed by atoms with Gasteiger partial charge in [-0.15, -0.1) is 11.4 Å². The number of rotatable bonds is 6. The predicted molar refractivity (Wildman–Crippen MR) is 85.5 cm³/mol. The van der Waals surface area contributed by atoms with Crippen molar-refractivity contribution in [2.75, 3.05) is 0 Å². The zero-order valence-electron chi connectivity index (χ0n) is 13.1. The molecule has 0 amide bonds. The summed E-state index contributed by atoms with van der Waals surface area (Å²) < 4.78 is 25.3. The van der Waals surface area contributed by atoms with Crippen LogP contribution < -0.4 is 0 Å². The summed E-state index contributed by atoms with van der Waals surface area (Å²) in [5, 5.41) is -0.799. The van der Waals surface area contributed by atoms with E-state index in [2.05, 4.69) is 11.4 Å². The number of unbranched alkanes of at least 4 members (excludes halogenated alkanes) is 1. The van der Waals surface area contributed by atoms with Crippen LogP contribution in [0.1, 0.15) is 36.0 Å². The summed E-state index contributed by atoms with van der Waals surface area (Å²) in [4.78, 5) is 14.9. The predicted octanol–water partition coefficient (Wildman–Crippen LogP) is 2.94. The third-order valence-corrected chi connectivity index (χ3v) is 5.27. The highest BCUT2D eigenvalue weighted by Crippen LogP contribution is 2.24. The highest BCUT2D eigenvalue weighted by Gasteiger charge is 2.38. The van der Waals surface area contributed by atoms with Gasteiger partial charge in [-0.25, -0.2) is 8.42 Å². The molecular formula is C16H20N2O3S. The molecule has 1 aromatic carbocycles. The van der Waals surface area contributed by atoms with E-state index in [9.17, 15) is 13.2 Å². The van der Waals surface area contributed by atoms with Crippen LogP contribution >= 0.6 is 0 Å². The van der Waals surface area contributed by atoms with Crippen molar-refractivity contribution in [1.29, 1.82) is 0 Å². The van der Waals surface area contributed by atoms with Crippen molar-refractivity contribution in [3.05, 3.63) is 47.0 Å². The molecule has 0 aromatic heterocycles. The van der Waals surface area contributed by atoms with Gasteiger partial charge in [0, 0.05) is 6.42 Å².